The third-order valence-corrected chi connectivity index (χ3v) is 1.29. The zero-order valence-corrected chi connectivity index (χ0v) is 5.66. The van der Waals surface area contributed by atoms with Gasteiger partial charge in [-0.25, -0.2) is 4.79 Å². The lowest BCUT2D eigenvalue weighted by Gasteiger charge is -1.96. The Labute approximate surface area is 58.7 Å². The van der Waals surface area contributed by atoms with Crippen molar-refractivity contribution in [1.82, 2.24) is 0 Å². The van der Waals surface area contributed by atoms with Gasteiger partial charge < -0.3 is 9.53 Å². The molecule has 1 heterocycles. The first kappa shape index (κ1) is 6.99. The molecule has 0 N–H and O–H groups in total. The summed E-state index contributed by atoms with van der Waals surface area (Å²) < 4.78 is 4.74. The van der Waals surface area contributed by atoms with Gasteiger partial charge in [-0.1, -0.05) is 0 Å². The summed E-state index contributed by atoms with van der Waals surface area (Å²) in [7, 11) is 0. The summed E-state index contributed by atoms with van der Waals surface area (Å²) in [6.45, 7) is 1.76. The second-order valence-electron chi connectivity index (χ2n) is 2.17. The lowest BCUT2D eigenvalue weighted by atomic mass is 10.2. The Hall–Kier alpha value is -1.12. The number of rotatable bonds is 2. The number of carbonyl (C=O) groups is 2. The van der Waals surface area contributed by atoms with Gasteiger partial charge in [0.25, 0.3) is 0 Å². The normalized spacial score (nSPS) is 23.9. The molecule has 0 aromatic carbocycles. The van der Waals surface area contributed by atoms with Crippen LogP contribution in [0.3, 0.4) is 0 Å². The summed E-state index contributed by atoms with van der Waals surface area (Å²) in [5.74, 6) is -0.361. The summed E-state index contributed by atoms with van der Waals surface area (Å²) in [5.41, 5.74) is 0.475. The van der Waals surface area contributed by atoms with Crippen molar-refractivity contribution in [3.63, 3.8) is 0 Å². The fourth-order valence-electron chi connectivity index (χ4n) is 0.871. The van der Waals surface area contributed by atoms with E-state index in [0.29, 0.717) is 11.9 Å². The summed E-state index contributed by atoms with van der Waals surface area (Å²) in [6.07, 6.45) is 2.37. The molecule has 3 nitrogen and oxygen atoms in total. The van der Waals surface area contributed by atoms with E-state index in [1.54, 1.807) is 13.0 Å². The second kappa shape index (κ2) is 2.64. The van der Waals surface area contributed by atoms with Gasteiger partial charge >= 0.3 is 5.97 Å². The molecule has 0 aliphatic carbocycles. The maximum absolute atomic E-state index is 10.7. The van der Waals surface area contributed by atoms with E-state index in [1.807, 2.05) is 0 Å². The maximum atomic E-state index is 10.7. The van der Waals surface area contributed by atoms with Crippen molar-refractivity contribution in [2.24, 2.45) is 0 Å². The number of hydrogen-bond acceptors (Lipinski definition) is 3. The number of carbonyl (C=O) groups excluding carboxylic acids is 2. The summed E-state index contributed by atoms with van der Waals surface area (Å²) in [4.78, 5) is 20.7. The topological polar surface area (TPSA) is 43.4 Å². The molecule has 0 aromatic rings. The summed E-state index contributed by atoms with van der Waals surface area (Å²) in [5, 5.41) is 0. The smallest absolute Gasteiger partial charge is 0.334 e. The number of hydrogen-bond donors (Lipinski definition) is 0. The Bertz CT molecular complexity index is 193. The van der Waals surface area contributed by atoms with Crippen LogP contribution in [0.15, 0.2) is 11.6 Å². The molecular weight excluding hydrogens is 132 g/mol. The van der Waals surface area contributed by atoms with Crippen LogP contribution in [0.25, 0.3) is 0 Å². The van der Waals surface area contributed by atoms with Crippen LogP contribution in [-0.2, 0) is 14.3 Å². The minimum atomic E-state index is -0.361. The molecule has 0 bridgehead atoms. The van der Waals surface area contributed by atoms with Crippen molar-refractivity contribution >= 4 is 12.3 Å². The Morgan fingerprint density at radius 3 is 2.90 bits per heavy atom. The van der Waals surface area contributed by atoms with Gasteiger partial charge in [-0.2, -0.15) is 0 Å². The predicted molar refractivity (Wildman–Crippen MR) is 34.3 cm³/mol. The van der Waals surface area contributed by atoms with Crippen LogP contribution in [-0.4, -0.2) is 18.4 Å². The van der Waals surface area contributed by atoms with E-state index in [0.717, 1.165) is 0 Å². The number of ether oxygens (including phenoxy) is 1. The van der Waals surface area contributed by atoms with Crippen LogP contribution in [0.5, 0.6) is 0 Å². The Morgan fingerprint density at radius 2 is 2.50 bits per heavy atom. The van der Waals surface area contributed by atoms with E-state index in [4.69, 9.17) is 4.74 Å². The SMILES string of the molecule is C[C@H]1C=C(CC=O)C(=O)O1. The summed E-state index contributed by atoms with van der Waals surface area (Å²) in [6, 6.07) is 0. The number of aldehydes is 1. The van der Waals surface area contributed by atoms with E-state index in [-0.39, 0.29) is 18.5 Å². The third kappa shape index (κ3) is 1.23. The van der Waals surface area contributed by atoms with E-state index in [9.17, 15) is 9.59 Å². The zero-order chi connectivity index (χ0) is 7.56. The van der Waals surface area contributed by atoms with Gasteiger partial charge in [-0.15, -0.1) is 0 Å². The first-order valence-electron chi connectivity index (χ1n) is 3.09. The van der Waals surface area contributed by atoms with Gasteiger partial charge in [0.1, 0.15) is 12.4 Å². The van der Waals surface area contributed by atoms with Crippen LogP contribution in [0.4, 0.5) is 0 Å². The highest BCUT2D eigenvalue weighted by atomic mass is 16.5. The molecule has 0 unspecified atom stereocenters. The molecule has 0 saturated heterocycles. The fourth-order valence-corrected chi connectivity index (χ4v) is 0.871. The van der Waals surface area contributed by atoms with Crippen molar-refractivity contribution < 1.29 is 14.3 Å². The highest BCUT2D eigenvalue weighted by Gasteiger charge is 2.20. The largest absolute Gasteiger partial charge is 0.455 e. The highest BCUT2D eigenvalue weighted by Crippen LogP contribution is 2.14. The van der Waals surface area contributed by atoms with Gasteiger partial charge in [-0.3, -0.25) is 0 Å². The molecule has 1 atom stereocenters. The molecule has 54 valence electrons. The quantitative estimate of drug-likeness (QED) is 0.413. The van der Waals surface area contributed by atoms with Crippen molar-refractivity contribution in [3.05, 3.63) is 11.6 Å². The molecule has 1 aliphatic heterocycles. The van der Waals surface area contributed by atoms with Crippen LogP contribution in [0, 0.1) is 0 Å². The molecule has 0 saturated carbocycles. The van der Waals surface area contributed by atoms with Crippen molar-refractivity contribution in [2.45, 2.75) is 19.4 Å². The minimum absolute atomic E-state index is 0.164. The molecule has 0 radical (unpaired) electrons. The van der Waals surface area contributed by atoms with Crippen LogP contribution < -0.4 is 0 Å². The lowest BCUT2D eigenvalue weighted by molar-refractivity contribution is -0.139. The predicted octanol–water partition coefficient (Wildman–Crippen LogP) is 0.447. The molecule has 1 rings (SSSR count). The zero-order valence-electron chi connectivity index (χ0n) is 5.66. The van der Waals surface area contributed by atoms with Crippen molar-refractivity contribution in [3.8, 4) is 0 Å². The van der Waals surface area contributed by atoms with Gasteiger partial charge in [-0.05, 0) is 13.0 Å². The average Bonchev–Trinajstić information content (AvgIpc) is 2.13. The average molecular weight is 140 g/mol. The molecule has 0 spiro atoms. The molecule has 10 heavy (non-hydrogen) atoms. The third-order valence-electron chi connectivity index (χ3n) is 1.29. The van der Waals surface area contributed by atoms with Crippen LogP contribution in [0.2, 0.25) is 0 Å². The van der Waals surface area contributed by atoms with E-state index in [1.165, 1.54) is 0 Å². The first-order valence-corrected chi connectivity index (χ1v) is 3.09. The van der Waals surface area contributed by atoms with E-state index >= 15 is 0 Å². The minimum Gasteiger partial charge on any atom is -0.455 e. The van der Waals surface area contributed by atoms with Gasteiger partial charge in [0.05, 0.1) is 0 Å². The highest BCUT2D eigenvalue weighted by molar-refractivity contribution is 5.93. The molecule has 0 amide bonds. The standard InChI is InChI=1S/C7H8O3/c1-5-4-6(2-3-8)7(9)10-5/h3-5H,2H2,1H3/t5-/m0/s1. The molecular formula is C7H8O3. The van der Waals surface area contributed by atoms with Gasteiger partial charge in [0.2, 0.25) is 0 Å². The van der Waals surface area contributed by atoms with Crippen LogP contribution >= 0.6 is 0 Å². The molecule has 0 aromatic heterocycles. The number of cyclic esters (lactones) is 1. The second-order valence-corrected chi connectivity index (χ2v) is 2.17. The Morgan fingerprint density at radius 1 is 1.80 bits per heavy atom. The van der Waals surface area contributed by atoms with Crippen LogP contribution in [0.1, 0.15) is 13.3 Å². The van der Waals surface area contributed by atoms with E-state index < -0.39 is 0 Å². The Kier molecular flexibility index (Phi) is 1.85. The molecule has 3 heteroatoms. The Balaban J connectivity index is 2.65. The van der Waals surface area contributed by atoms with Crippen molar-refractivity contribution in [1.29, 1.82) is 0 Å². The lowest BCUT2D eigenvalue weighted by Crippen LogP contribution is -2.03. The molecule has 0 fully saturated rings. The van der Waals surface area contributed by atoms with Crippen molar-refractivity contribution in [2.75, 3.05) is 0 Å². The number of esters is 1. The first-order chi connectivity index (χ1) is 4.74. The fraction of sp³-hybridized carbons (Fsp3) is 0.429. The maximum Gasteiger partial charge on any atom is 0.334 e. The molecule has 1 aliphatic rings. The van der Waals surface area contributed by atoms with E-state index in [2.05, 4.69) is 0 Å². The van der Waals surface area contributed by atoms with Gasteiger partial charge in [0.15, 0.2) is 0 Å². The summed E-state index contributed by atoms with van der Waals surface area (Å²) >= 11 is 0. The van der Waals surface area contributed by atoms with Gasteiger partial charge in [0, 0.05) is 12.0 Å². The monoisotopic (exact) mass is 140 g/mol.